The Morgan fingerprint density at radius 2 is 1.82 bits per heavy atom. The molecule has 2 aromatic carbocycles. The van der Waals surface area contributed by atoms with Crippen molar-refractivity contribution in [3.63, 3.8) is 0 Å². The fourth-order valence-corrected chi connectivity index (χ4v) is 3.34. The first kappa shape index (κ1) is 18.3. The Labute approximate surface area is 169 Å². The van der Waals surface area contributed by atoms with Crippen LogP contribution in [0.3, 0.4) is 0 Å². The van der Waals surface area contributed by atoms with E-state index in [1.165, 1.54) is 11.3 Å². The smallest absolute Gasteiger partial charge is 0.227 e. The minimum atomic E-state index is -0.193. The molecule has 0 unspecified atom stereocenters. The number of rotatable bonds is 6. The Kier molecular flexibility index (Phi) is 5.41. The van der Waals surface area contributed by atoms with Crippen molar-refractivity contribution in [2.75, 3.05) is 5.32 Å². The predicted octanol–water partition coefficient (Wildman–Crippen LogP) is 4.48. The van der Waals surface area contributed by atoms with Gasteiger partial charge in [-0.2, -0.15) is 4.98 Å². The van der Waals surface area contributed by atoms with Crippen LogP contribution in [0.25, 0.3) is 22.0 Å². The Morgan fingerprint density at radius 1 is 1.04 bits per heavy atom. The van der Waals surface area contributed by atoms with Gasteiger partial charge >= 0.3 is 0 Å². The Balaban J connectivity index is 1.33. The first-order chi connectivity index (χ1) is 13.7. The third kappa shape index (κ3) is 4.41. The molecule has 0 aliphatic heterocycles. The molecule has 0 bridgehead atoms. The highest BCUT2D eigenvalue weighted by atomic mass is 35.5. The van der Waals surface area contributed by atoms with Crippen LogP contribution in [0.4, 0.5) is 5.13 Å². The van der Waals surface area contributed by atoms with Gasteiger partial charge in [0.15, 0.2) is 0 Å². The second-order valence-corrected chi connectivity index (χ2v) is 7.26. The summed E-state index contributed by atoms with van der Waals surface area (Å²) in [7, 11) is 0. The predicted molar refractivity (Wildman–Crippen MR) is 107 cm³/mol. The third-order valence-corrected chi connectivity index (χ3v) is 4.97. The van der Waals surface area contributed by atoms with E-state index >= 15 is 0 Å². The van der Waals surface area contributed by atoms with Gasteiger partial charge in [0.2, 0.25) is 22.8 Å². The second-order valence-electron chi connectivity index (χ2n) is 5.85. The molecule has 4 aromatic rings. The average Bonchev–Trinajstić information content (AvgIpc) is 3.37. The van der Waals surface area contributed by atoms with Gasteiger partial charge in [0, 0.05) is 29.0 Å². The number of nitrogens with one attached hydrogen (secondary N) is 1. The van der Waals surface area contributed by atoms with Crippen LogP contribution < -0.4 is 5.32 Å². The molecule has 2 heterocycles. The summed E-state index contributed by atoms with van der Waals surface area (Å²) in [5.74, 6) is 0.660. The van der Waals surface area contributed by atoms with E-state index in [2.05, 4.69) is 25.7 Å². The molecule has 2 aromatic heterocycles. The van der Waals surface area contributed by atoms with Gasteiger partial charge in [0.25, 0.3) is 0 Å². The zero-order valence-corrected chi connectivity index (χ0v) is 16.1. The molecule has 1 amide bonds. The number of carbonyl (C=O) groups is 1. The van der Waals surface area contributed by atoms with Crippen LogP contribution in [0.2, 0.25) is 5.02 Å². The van der Waals surface area contributed by atoms with Gasteiger partial charge in [-0.05, 0) is 24.3 Å². The highest BCUT2D eigenvalue weighted by Crippen LogP contribution is 2.26. The summed E-state index contributed by atoms with van der Waals surface area (Å²) in [5, 5.41) is 16.6. The Morgan fingerprint density at radius 3 is 2.61 bits per heavy atom. The van der Waals surface area contributed by atoms with E-state index in [4.69, 9.17) is 16.1 Å². The lowest BCUT2D eigenvalue weighted by molar-refractivity contribution is -0.116. The van der Waals surface area contributed by atoms with Crippen LogP contribution in [-0.4, -0.2) is 26.2 Å². The van der Waals surface area contributed by atoms with Crippen molar-refractivity contribution >= 4 is 34.0 Å². The zero-order chi connectivity index (χ0) is 19.3. The summed E-state index contributed by atoms with van der Waals surface area (Å²) in [5.41, 5.74) is 1.76. The lowest BCUT2D eigenvalue weighted by Gasteiger charge is -1.98. The molecule has 9 heteroatoms. The normalized spacial score (nSPS) is 10.8. The summed E-state index contributed by atoms with van der Waals surface area (Å²) < 4.78 is 5.21. The summed E-state index contributed by atoms with van der Waals surface area (Å²) in [4.78, 5) is 16.5. The molecular weight excluding hydrogens is 398 g/mol. The summed E-state index contributed by atoms with van der Waals surface area (Å²) in [6, 6.07) is 16.8. The van der Waals surface area contributed by atoms with Crippen molar-refractivity contribution in [3.05, 3.63) is 65.5 Å². The maximum absolute atomic E-state index is 12.2. The number of hydrogen-bond donors (Lipinski definition) is 1. The first-order valence-electron chi connectivity index (χ1n) is 8.45. The number of benzene rings is 2. The topological polar surface area (TPSA) is 93.8 Å². The highest BCUT2D eigenvalue weighted by Gasteiger charge is 2.13. The van der Waals surface area contributed by atoms with Gasteiger partial charge in [-0.3, -0.25) is 4.79 Å². The van der Waals surface area contributed by atoms with Crippen molar-refractivity contribution in [3.8, 4) is 22.0 Å². The fourth-order valence-electron chi connectivity index (χ4n) is 2.45. The Hall–Kier alpha value is -3.10. The van der Waals surface area contributed by atoms with Crippen LogP contribution in [0, 0.1) is 0 Å². The minimum absolute atomic E-state index is 0.193. The van der Waals surface area contributed by atoms with Gasteiger partial charge < -0.3 is 9.84 Å². The van der Waals surface area contributed by atoms with Gasteiger partial charge in [-0.1, -0.05) is 58.4 Å². The molecule has 0 fully saturated rings. The molecule has 28 heavy (non-hydrogen) atoms. The van der Waals surface area contributed by atoms with Crippen LogP contribution in [-0.2, 0) is 11.2 Å². The standard InChI is InChI=1S/C19H14ClN5O2S/c20-14-8-6-12(7-9-14)17-22-16(27-25-17)11-10-15(26)21-19-24-23-18(28-19)13-4-2-1-3-5-13/h1-9H,10-11H2,(H,21,24,26). The summed E-state index contributed by atoms with van der Waals surface area (Å²) in [6.45, 7) is 0. The van der Waals surface area contributed by atoms with Crippen LogP contribution in [0.5, 0.6) is 0 Å². The summed E-state index contributed by atoms with van der Waals surface area (Å²) in [6.07, 6.45) is 0.527. The number of carbonyl (C=O) groups excluding carboxylic acids is 1. The van der Waals surface area contributed by atoms with Gasteiger partial charge in [-0.25, -0.2) is 0 Å². The molecular formula is C19H14ClN5O2S. The van der Waals surface area contributed by atoms with Gasteiger partial charge in [0.1, 0.15) is 5.01 Å². The van der Waals surface area contributed by atoms with Crippen molar-refractivity contribution in [1.82, 2.24) is 20.3 Å². The van der Waals surface area contributed by atoms with Crippen LogP contribution in [0.1, 0.15) is 12.3 Å². The number of hydrogen-bond acceptors (Lipinski definition) is 7. The molecule has 4 rings (SSSR count). The number of nitrogens with zero attached hydrogens (tertiary/aromatic N) is 4. The van der Waals surface area contributed by atoms with E-state index in [1.807, 2.05) is 42.5 Å². The van der Waals surface area contributed by atoms with E-state index in [9.17, 15) is 4.79 Å². The molecule has 0 atom stereocenters. The monoisotopic (exact) mass is 411 g/mol. The van der Waals surface area contributed by atoms with E-state index in [1.54, 1.807) is 12.1 Å². The van der Waals surface area contributed by atoms with Crippen LogP contribution in [0.15, 0.2) is 59.1 Å². The van der Waals surface area contributed by atoms with E-state index in [-0.39, 0.29) is 12.3 Å². The molecule has 0 spiro atoms. The van der Waals surface area contributed by atoms with Gasteiger partial charge in [-0.15, -0.1) is 10.2 Å². The highest BCUT2D eigenvalue weighted by molar-refractivity contribution is 7.18. The third-order valence-electron chi connectivity index (χ3n) is 3.83. The van der Waals surface area contributed by atoms with E-state index in [0.29, 0.717) is 28.3 Å². The molecule has 0 saturated carbocycles. The van der Waals surface area contributed by atoms with Crippen molar-refractivity contribution in [1.29, 1.82) is 0 Å². The Bertz CT molecular complexity index is 1080. The van der Waals surface area contributed by atoms with Gasteiger partial charge in [0.05, 0.1) is 0 Å². The number of halogens is 1. The fraction of sp³-hybridized carbons (Fsp3) is 0.105. The maximum atomic E-state index is 12.2. The number of anilines is 1. The molecule has 140 valence electrons. The van der Waals surface area contributed by atoms with Crippen molar-refractivity contribution < 1.29 is 9.32 Å². The van der Waals surface area contributed by atoms with Crippen LogP contribution >= 0.6 is 22.9 Å². The largest absolute Gasteiger partial charge is 0.339 e. The lowest BCUT2D eigenvalue weighted by Crippen LogP contribution is -2.12. The number of aryl methyl sites for hydroxylation is 1. The molecule has 7 nitrogen and oxygen atoms in total. The van der Waals surface area contributed by atoms with E-state index < -0.39 is 0 Å². The maximum Gasteiger partial charge on any atom is 0.227 e. The number of amides is 1. The first-order valence-corrected chi connectivity index (χ1v) is 9.64. The minimum Gasteiger partial charge on any atom is -0.339 e. The number of aromatic nitrogens is 4. The molecule has 0 radical (unpaired) electrons. The molecule has 0 aliphatic carbocycles. The average molecular weight is 412 g/mol. The SMILES string of the molecule is O=C(CCc1nc(-c2ccc(Cl)cc2)no1)Nc1nnc(-c2ccccc2)s1. The van der Waals surface area contributed by atoms with E-state index in [0.717, 1.165) is 16.1 Å². The zero-order valence-electron chi connectivity index (χ0n) is 14.5. The quantitative estimate of drug-likeness (QED) is 0.502. The molecule has 0 saturated heterocycles. The summed E-state index contributed by atoms with van der Waals surface area (Å²) >= 11 is 7.20. The second kappa shape index (κ2) is 8.28. The van der Waals surface area contributed by atoms with Crippen molar-refractivity contribution in [2.24, 2.45) is 0 Å². The van der Waals surface area contributed by atoms with Crippen molar-refractivity contribution in [2.45, 2.75) is 12.8 Å². The molecule has 1 N–H and O–H groups in total. The lowest BCUT2D eigenvalue weighted by atomic mass is 10.2. The molecule has 0 aliphatic rings.